The minimum Gasteiger partial charge on any atom is -0.465 e. The normalized spacial score (nSPS) is 25.1. The highest BCUT2D eigenvalue weighted by molar-refractivity contribution is 7.89. The number of methoxy groups -OCH3 is 1. The van der Waals surface area contributed by atoms with Gasteiger partial charge in [-0.15, -0.1) is 0 Å². The molecule has 0 aromatic heterocycles. The molecule has 1 aromatic carbocycles. The molecule has 1 heterocycles. The number of ether oxygens (including phenoxy) is 1. The van der Waals surface area contributed by atoms with E-state index in [2.05, 4.69) is 0 Å². The lowest BCUT2D eigenvalue weighted by molar-refractivity contribution is 0.0600. The maximum absolute atomic E-state index is 13.2. The molecule has 1 saturated heterocycles. The summed E-state index contributed by atoms with van der Waals surface area (Å²) in [5, 5.41) is 0. The fourth-order valence-corrected chi connectivity index (χ4v) is 6.15. The van der Waals surface area contributed by atoms with E-state index in [4.69, 9.17) is 4.74 Å². The van der Waals surface area contributed by atoms with Crippen LogP contribution in [0.25, 0.3) is 0 Å². The molecular weight excluding hydrogens is 326 g/mol. The number of hydrogen-bond acceptors (Lipinski definition) is 4. The summed E-state index contributed by atoms with van der Waals surface area (Å²) >= 11 is 0. The van der Waals surface area contributed by atoms with Crippen LogP contribution in [0.4, 0.5) is 0 Å². The van der Waals surface area contributed by atoms with E-state index in [1.165, 1.54) is 19.6 Å². The molecule has 2 aliphatic rings. The van der Waals surface area contributed by atoms with Gasteiger partial charge in [-0.2, -0.15) is 4.31 Å². The summed E-state index contributed by atoms with van der Waals surface area (Å²) in [5.41, 5.74) is 0.971. The van der Waals surface area contributed by atoms with Gasteiger partial charge in [-0.25, -0.2) is 13.2 Å². The maximum atomic E-state index is 13.2. The van der Waals surface area contributed by atoms with E-state index in [0.29, 0.717) is 28.5 Å². The quantitative estimate of drug-likeness (QED) is 0.785. The SMILES string of the molecule is COC(=O)c1ccc(S(=O)(=O)N2CCCC3CCCCC32)c(C)c1. The van der Waals surface area contributed by atoms with Gasteiger partial charge < -0.3 is 4.74 Å². The number of hydrogen-bond donors (Lipinski definition) is 0. The molecular formula is C18H25NO4S. The molecule has 2 atom stereocenters. The maximum Gasteiger partial charge on any atom is 0.337 e. The van der Waals surface area contributed by atoms with Crippen molar-refractivity contribution in [1.82, 2.24) is 4.31 Å². The number of nitrogens with zero attached hydrogens (tertiary/aromatic N) is 1. The van der Waals surface area contributed by atoms with E-state index in [1.54, 1.807) is 23.4 Å². The summed E-state index contributed by atoms with van der Waals surface area (Å²) in [4.78, 5) is 11.9. The second kappa shape index (κ2) is 6.84. The summed E-state index contributed by atoms with van der Waals surface area (Å²) in [5.74, 6) is 0.0456. The van der Waals surface area contributed by atoms with Crippen molar-refractivity contribution in [3.8, 4) is 0 Å². The van der Waals surface area contributed by atoms with Crippen LogP contribution >= 0.6 is 0 Å². The fourth-order valence-electron chi connectivity index (χ4n) is 4.19. The Kier molecular flexibility index (Phi) is 4.97. The summed E-state index contributed by atoms with van der Waals surface area (Å²) in [6, 6.07) is 4.82. The Morgan fingerprint density at radius 3 is 2.58 bits per heavy atom. The zero-order chi connectivity index (χ0) is 17.3. The summed E-state index contributed by atoms with van der Waals surface area (Å²) < 4.78 is 32.9. The van der Waals surface area contributed by atoms with Gasteiger partial charge in [0.25, 0.3) is 0 Å². The van der Waals surface area contributed by atoms with Crippen molar-refractivity contribution >= 4 is 16.0 Å². The van der Waals surface area contributed by atoms with Gasteiger partial charge in [0.2, 0.25) is 10.0 Å². The number of rotatable bonds is 3. The van der Waals surface area contributed by atoms with Crippen LogP contribution in [0.15, 0.2) is 23.1 Å². The first-order chi connectivity index (χ1) is 11.4. The number of carbonyl (C=O) groups excluding carboxylic acids is 1. The molecule has 3 rings (SSSR count). The summed E-state index contributed by atoms with van der Waals surface area (Å²) in [6.07, 6.45) is 6.48. The van der Waals surface area contributed by atoms with Crippen LogP contribution in [0.2, 0.25) is 0 Å². The van der Waals surface area contributed by atoms with E-state index >= 15 is 0 Å². The number of esters is 1. The van der Waals surface area contributed by atoms with E-state index < -0.39 is 16.0 Å². The number of sulfonamides is 1. The highest BCUT2D eigenvalue weighted by Gasteiger charge is 2.40. The van der Waals surface area contributed by atoms with Gasteiger partial charge in [0.05, 0.1) is 17.6 Å². The lowest BCUT2D eigenvalue weighted by atomic mass is 9.79. The third-order valence-corrected chi connectivity index (χ3v) is 7.46. The average Bonchev–Trinajstić information content (AvgIpc) is 2.60. The van der Waals surface area contributed by atoms with Crippen LogP contribution < -0.4 is 0 Å². The molecule has 0 spiro atoms. The van der Waals surface area contributed by atoms with Gasteiger partial charge in [0, 0.05) is 12.6 Å². The van der Waals surface area contributed by atoms with Crippen molar-refractivity contribution in [1.29, 1.82) is 0 Å². The number of aryl methyl sites for hydroxylation is 1. The molecule has 6 heteroatoms. The predicted molar refractivity (Wildman–Crippen MR) is 91.4 cm³/mol. The van der Waals surface area contributed by atoms with Gasteiger partial charge in [-0.1, -0.05) is 12.8 Å². The molecule has 0 amide bonds. The van der Waals surface area contributed by atoms with E-state index in [1.807, 2.05) is 0 Å². The van der Waals surface area contributed by atoms with Crippen molar-refractivity contribution in [3.05, 3.63) is 29.3 Å². The average molecular weight is 351 g/mol. The van der Waals surface area contributed by atoms with Crippen molar-refractivity contribution in [2.45, 2.75) is 56.4 Å². The van der Waals surface area contributed by atoms with Crippen LogP contribution in [-0.2, 0) is 14.8 Å². The number of piperidine rings is 1. The zero-order valence-corrected chi connectivity index (χ0v) is 15.1. The van der Waals surface area contributed by atoms with Crippen LogP contribution in [0, 0.1) is 12.8 Å². The monoisotopic (exact) mass is 351 g/mol. The van der Waals surface area contributed by atoms with Gasteiger partial charge in [0.1, 0.15) is 0 Å². The Balaban J connectivity index is 1.93. The number of carbonyl (C=O) groups is 1. The summed E-state index contributed by atoms with van der Waals surface area (Å²) in [6.45, 7) is 2.34. The minimum absolute atomic E-state index is 0.136. The van der Waals surface area contributed by atoms with Crippen LogP contribution in [0.1, 0.15) is 54.4 Å². The van der Waals surface area contributed by atoms with Crippen LogP contribution in [-0.4, -0.2) is 38.4 Å². The third kappa shape index (κ3) is 3.09. The van der Waals surface area contributed by atoms with E-state index in [9.17, 15) is 13.2 Å². The Morgan fingerprint density at radius 1 is 1.17 bits per heavy atom. The number of benzene rings is 1. The molecule has 0 bridgehead atoms. The Labute approximate surface area is 144 Å². The lowest BCUT2D eigenvalue weighted by Gasteiger charge is -2.43. The molecule has 0 radical (unpaired) electrons. The molecule has 2 unspecified atom stereocenters. The first kappa shape index (κ1) is 17.4. The molecule has 0 N–H and O–H groups in total. The highest BCUT2D eigenvalue weighted by Crippen LogP contribution is 2.38. The second-order valence-corrected chi connectivity index (χ2v) is 8.70. The van der Waals surface area contributed by atoms with E-state index in [-0.39, 0.29) is 6.04 Å². The number of fused-ring (bicyclic) bond motifs is 1. The largest absolute Gasteiger partial charge is 0.465 e. The van der Waals surface area contributed by atoms with Crippen molar-refractivity contribution in [2.75, 3.05) is 13.7 Å². The molecule has 1 aliphatic heterocycles. The van der Waals surface area contributed by atoms with Crippen molar-refractivity contribution < 1.29 is 17.9 Å². The third-order valence-electron chi connectivity index (χ3n) is 5.37. The summed E-state index contributed by atoms with van der Waals surface area (Å²) in [7, 11) is -2.21. The first-order valence-electron chi connectivity index (χ1n) is 8.66. The molecule has 24 heavy (non-hydrogen) atoms. The highest BCUT2D eigenvalue weighted by atomic mass is 32.2. The van der Waals surface area contributed by atoms with Gasteiger partial charge in [-0.05, 0) is 62.3 Å². The van der Waals surface area contributed by atoms with Crippen molar-refractivity contribution in [3.63, 3.8) is 0 Å². The Hall–Kier alpha value is -1.40. The fraction of sp³-hybridized carbons (Fsp3) is 0.611. The van der Waals surface area contributed by atoms with Gasteiger partial charge >= 0.3 is 5.97 Å². The minimum atomic E-state index is -3.53. The van der Waals surface area contributed by atoms with Crippen molar-refractivity contribution in [2.24, 2.45) is 5.92 Å². The van der Waals surface area contributed by atoms with Gasteiger partial charge in [0.15, 0.2) is 0 Å². The van der Waals surface area contributed by atoms with E-state index in [0.717, 1.165) is 32.1 Å². The molecule has 1 aliphatic carbocycles. The first-order valence-corrected chi connectivity index (χ1v) is 10.1. The Morgan fingerprint density at radius 2 is 1.88 bits per heavy atom. The molecule has 2 fully saturated rings. The lowest BCUT2D eigenvalue weighted by Crippen LogP contribution is -2.49. The predicted octanol–water partition coefficient (Wildman–Crippen LogP) is 3.12. The molecule has 132 valence electrons. The molecule has 5 nitrogen and oxygen atoms in total. The second-order valence-electron chi connectivity index (χ2n) is 6.84. The molecule has 1 saturated carbocycles. The van der Waals surface area contributed by atoms with Crippen LogP contribution in [0.3, 0.4) is 0 Å². The smallest absolute Gasteiger partial charge is 0.337 e. The van der Waals surface area contributed by atoms with Crippen LogP contribution in [0.5, 0.6) is 0 Å². The molecule has 1 aromatic rings. The van der Waals surface area contributed by atoms with Gasteiger partial charge in [-0.3, -0.25) is 0 Å². The Bertz CT molecular complexity index is 727. The zero-order valence-electron chi connectivity index (χ0n) is 14.3. The standard InChI is InChI=1S/C18H25NO4S/c1-13-12-15(18(20)23-2)9-10-17(13)24(21,22)19-11-5-7-14-6-3-4-8-16(14)19/h9-10,12,14,16H,3-8,11H2,1-2H3. The topological polar surface area (TPSA) is 63.7 Å².